The third-order valence-electron chi connectivity index (χ3n) is 8.41. The quantitative estimate of drug-likeness (QED) is 0.325. The van der Waals surface area contributed by atoms with Crippen molar-refractivity contribution in [3.63, 3.8) is 0 Å². The molecular formula is C30H34F2N6O2. The molecular weight excluding hydrogens is 514 g/mol. The summed E-state index contributed by atoms with van der Waals surface area (Å²) in [5.74, 6) is -0.228. The van der Waals surface area contributed by atoms with E-state index in [2.05, 4.69) is 27.3 Å². The average Bonchev–Trinajstić information content (AvgIpc) is 3.35. The number of fused-ring (bicyclic) bond motifs is 1. The van der Waals surface area contributed by atoms with E-state index >= 15 is 8.78 Å². The van der Waals surface area contributed by atoms with E-state index in [-0.39, 0.29) is 35.2 Å². The van der Waals surface area contributed by atoms with Crippen molar-refractivity contribution < 1.29 is 18.3 Å². The maximum Gasteiger partial charge on any atom is 0.229 e. The highest BCUT2D eigenvalue weighted by Gasteiger charge is 2.35. The lowest BCUT2D eigenvalue weighted by Crippen LogP contribution is -2.45. The van der Waals surface area contributed by atoms with E-state index < -0.39 is 11.6 Å². The molecule has 6 rings (SSSR count). The Morgan fingerprint density at radius 2 is 1.82 bits per heavy atom. The second-order valence-electron chi connectivity index (χ2n) is 11.0. The number of hydrogen-bond acceptors (Lipinski definition) is 7. The SMILES string of the molecule is CO[C@H]1[C@H](N)C[C@H](c2ccncc2Nc2ncc3ccc(-c4c(F)cc(C5CCOCC5)cc4F)nn23)C[C@@H]1C. The number of anilines is 2. The molecule has 8 nitrogen and oxygen atoms in total. The molecule has 1 aliphatic carbocycles. The van der Waals surface area contributed by atoms with Crippen molar-refractivity contribution >= 4 is 17.2 Å². The first-order chi connectivity index (χ1) is 19.4. The van der Waals surface area contributed by atoms with Crippen LogP contribution in [0.15, 0.2) is 48.9 Å². The van der Waals surface area contributed by atoms with Gasteiger partial charge in [0, 0.05) is 32.6 Å². The van der Waals surface area contributed by atoms with Crippen molar-refractivity contribution in [2.75, 3.05) is 25.6 Å². The van der Waals surface area contributed by atoms with Gasteiger partial charge in [-0.3, -0.25) is 4.98 Å². The zero-order chi connectivity index (χ0) is 27.8. The number of benzene rings is 1. The molecule has 0 radical (unpaired) electrons. The largest absolute Gasteiger partial charge is 0.381 e. The molecule has 3 aromatic heterocycles. The summed E-state index contributed by atoms with van der Waals surface area (Å²) in [7, 11) is 1.71. The minimum absolute atomic E-state index is 0.0277. The number of rotatable bonds is 6. The van der Waals surface area contributed by atoms with Crippen LogP contribution in [0, 0.1) is 17.6 Å². The smallest absolute Gasteiger partial charge is 0.229 e. The lowest BCUT2D eigenvalue weighted by molar-refractivity contribution is 0.00984. The Labute approximate surface area is 231 Å². The molecule has 10 heteroatoms. The Bertz CT molecular complexity index is 1470. The molecule has 210 valence electrons. The monoisotopic (exact) mass is 548 g/mol. The molecule has 0 amide bonds. The third-order valence-corrected chi connectivity index (χ3v) is 8.41. The predicted molar refractivity (Wildman–Crippen MR) is 149 cm³/mol. The van der Waals surface area contributed by atoms with Gasteiger partial charge in [0.15, 0.2) is 0 Å². The van der Waals surface area contributed by atoms with E-state index in [9.17, 15) is 0 Å². The van der Waals surface area contributed by atoms with E-state index in [0.29, 0.717) is 36.2 Å². The first kappa shape index (κ1) is 26.7. The summed E-state index contributed by atoms with van der Waals surface area (Å²) in [5.41, 5.74) is 9.71. The van der Waals surface area contributed by atoms with Gasteiger partial charge in [-0.1, -0.05) is 6.92 Å². The van der Waals surface area contributed by atoms with Crippen LogP contribution < -0.4 is 11.1 Å². The number of nitrogens with one attached hydrogen (secondary N) is 1. The maximum atomic E-state index is 15.3. The molecule has 2 aliphatic rings. The second-order valence-corrected chi connectivity index (χ2v) is 11.0. The van der Waals surface area contributed by atoms with Crippen molar-refractivity contribution in [3.05, 3.63) is 71.7 Å². The van der Waals surface area contributed by atoms with Gasteiger partial charge in [0.2, 0.25) is 5.95 Å². The minimum atomic E-state index is -0.630. The van der Waals surface area contributed by atoms with Gasteiger partial charge in [-0.25, -0.2) is 13.8 Å². The summed E-state index contributed by atoms with van der Waals surface area (Å²) in [6, 6.07) is 8.15. The van der Waals surface area contributed by atoms with Crippen molar-refractivity contribution in [3.8, 4) is 11.3 Å². The summed E-state index contributed by atoms with van der Waals surface area (Å²) in [6.45, 7) is 3.36. The summed E-state index contributed by atoms with van der Waals surface area (Å²) < 4.78 is 43.2. The summed E-state index contributed by atoms with van der Waals surface area (Å²) in [4.78, 5) is 8.83. The number of halogens is 2. The highest BCUT2D eigenvalue weighted by Crippen LogP contribution is 2.40. The fraction of sp³-hybridized carbons (Fsp3) is 0.433. The summed E-state index contributed by atoms with van der Waals surface area (Å²) in [5, 5.41) is 7.95. The maximum absolute atomic E-state index is 15.3. The molecule has 1 saturated heterocycles. The molecule has 4 atom stereocenters. The summed E-state index contributed by atoms with van der Waals surface area (Å²) in [6.07, 6.45) is 8.44. The number of ether oxygens (including phenoxy) is 2. The van der Waals surface area contributed by atoms with Gasteiger partial charge >= 0.3 is 0 Å². The molecule has 1 saturated carbocycles. The number of nitrogens with two attached hydrogens (primary N) is 1. The normalized spacial score (nSPS) is 23.9. The molecule has 0 unspecified atom stereocenters. The van der Waals surface area contributed by atoms with E-state index in [0.717, 1.165) is 36.9 Å². The van der Waals surface area contributed by atoms with Crippen LogP contribution in [0.3, 0.4) is 0 Å². The van der Waals surface area contributed by atoms with Crippen molar-refractivity contribution in [2.24, 2.45) is 11.7 Å². The zero-order valence-electron chi connectivity index (χ0n) is 22.7. The van der Waals surface area contributed by atoms with Crippen LogP contribution in [-0.4, -0.2) is 52.1 Å². The van der Waals surface area contributed by atoms with Gasteiger partial charge in [0.05, 0.1) is 41.0 Å². The molecule has 2 fully saturated rings. The van der Waals surface area contributed by atoms with Crippen LogP contribution in [0.5, 0.6) is 0 Å². The lowest BCUT2D eigenvalue weighted by atomic mass is 9.74. The number of hydrogen-bond donors (Lipinski definition) is 2. The Hall–Kier alpha value is -3.47. The van der Waals surface area contributed by atoms with Crippen LogP contribution in [-0.2, 0) is 9.47 Å². The van der Waals surface area contributed by atoms with Gasteiger partial charge in [0.25, 0.3) is 0 Å². The molecule has 0 spiro atoms. The van der Waals surface area contributed by atoms with Gasteiger partial charge in [-0.05, 0) is 84.9 Å². The molecule has 1 aliphatic heterocycles. The fourth-order valence-corrected chi connectivity index (χ4v) is 6.42. The molecule has 4 aromatic rings. The molecule has 3 N–H and O–H groups in total. The van der Waals surface area contributed by atoms with Gasteiger partial charge < -0.3 is 20.5 Å². The Balaban J connectivity index is 1.30. The first-order valence-electron chi connectivity index (χ1n) is 13.8. The van der Waals surface area contributed by atoms with Crippen LogP contribution in [0.1, 0.15) is 55.6 Å². The third kappa shape index (κ3) is 5.07. The minimum Gasteiger partial charge on any atom is -0.381 e. The molecule has 4 heterocycles. The highest BCUT2D eigenvalue weighted by atomic mass is 19.1. The average molecular weight is 549 g/mol. The van der Waals surface area contributed by atoms with E-state index in [4.69, 9.17) is 15.2 Å². The number of pyridine rings is 1. The number of aromatic nitrogens is 4. The van der Waals surface area contributed by atoms with Crippen molar-refractivity contribution in [1.29, 1.82) is 0 Å². The second kappa shape index (κ2) is 11.2. The van der Waals surface area contributed by atoms with Gasteiger partial charge in [0.1, 0.15) is 11.6 Å². The Morgan fingerprint density at radius 1 is 1.05 bits per heavy atom. The Kier molecular flexibility index (Phi) is 7.48. The van der Waals surface area contributed by atoms with E-state index in [1.165, 1.54) is 12.1 Å². The highest BCUT2D eigenvalue weighted by molar-refractivity contribution is 5.66. The van der Waals surface area contributed by atoms with Crippen LogP contribution >= 0.6 is 0 Å². The number of nitrogens with zero attached hydrogens (tertiary/aromatic N) is 4. The van der Waals surface area contributed by atoms with Crippen LogP contribution in [0.2, 0.25) is 0 Å². The lowest BCUT2D eigenvalue weighted by Gasteiger charge is -2.38. The van der Waals surface area contributed by atoms with E-state index in [1.54, 1.807) is 42.3 Å². The van der Waals surface area contributed by atoms with Crippen LogP contribution in [0.4, 0.5) is 20.4 Å². The van der Waals surface area contributed by atoms with E-state index in [1.807, 2.05) is 6.07 Å². The molecule has 40 heavy (non-hydrogen) atoms. The van der Waals surface area contributed by atoms with Crippen molar-refractivity contribution in [2.45, 2.75) is 56.6 Å². The molecule has 0 bridgehead atoms. The first-order valence-corrected chi connectivity index (χ1v) is 13.8. The molecule has 1 aromatic carbocycles. The van der Waals surface area contributed by atoms with Gasteiger partial charge in [-0.15, -0.1) is 0 Å². The standard InChI is InChI=1S/C30H34F2N6O2/c1-17-11-20(14-25(33)29(17)39-2)22-5-8-34-16-27(22)36-30-35-15-21-3-4-26(37-38(21)30)28-23(31)12-19(13-24(28)32)18-6-9-40-10-7-18/h3-5,8,12-13,15-18,20,25,29H,6-7,9-11,14,33H2,1-2H3,(H,35,36)/t17-,20+,25+,29+/m0/s1. The topological polar surface area (TPSA) is 99.6 Å². The van der Waals surface area contributed by atoms with Gasteiger partial charge in [-0.2, -0.15) is 9.61 Å². The fourth-order valence-electron chi connectivity index (χ4n) is 6.42. The van der Waals surface area contributed by atoms with Crippen molar-refractivity contribution in [1.82, 2.24) is 19.6 Å². The summed E-state index contributed by atoms with van der Waals surface area (Å²) >= 11 is 0. The number of methoxy groups -OCH3 is 1. The Morgan fingerprint density at radius 3 is 2.55 bits per heavy atom. The van der Waals surface area contributed by atoms with Crippen LogP contribution in [0.25, 0.3) is 16.8 Å². The predicted octanol–water partition coefficient (Wildman–Crippen LogP) is 5.56. The zero-order valence-corrected chi connectivity index (χ0v) is 22.7. The number of imidazole rings is 1.